The molecule has 1 saturated heterocycles. The van der Waals surface area contributed by atoms with Gasteiger partial charge >= 0.3 is 0 Å². The minimum absolute atomic E-state index is 0. The fourth-order valence-corrected chi connectivity index (χ4v) is 5.11. The minimum atomic E-state index is -0.208. The highest BCUT2D eigenvalue weighted by Crippen LogP contribution is 2.36. The molecule has 0 bridgehead atoms. The topological polar surface area (TPSA) is 58.4 Å². The summed E-state index contributed by atoms with van der Waals surface area (Å²) in [5.41, 5.74) is 2.72. The first kappa shape index (κ1) is 22.4. The molecule has 1 unspecified atom stereocenters. The van der Waals surface area contributed by atoms with E-state index in [1.54, 1.807) is 10.9 Å². The number of hydrogen-bond donors (Lipinski definition) is 1. The zero-order chi connectivity index (χ0) is 19.8. The summed E-state index contributed by atoms with van der Waals surface area (Å²) >= 11 is 13.1. The zero-order valence-electron chi connectivity index (χ0n) is 16.4. The average Bonchev–Trinajstić information content (AvgIpc) is 3.25. The van der Waals surface area contributed by atoms with Gasteiger partial charge in [0.25, 0.3) is 0 Å². The van der Waals surface area contributed by atoms with Crippen molar-refractivity contribution in [3.05, 3.63) is 40.1 Å². The second kappa shape index (κ2) is 9.25. The number of nitrogens with zero attached hydrogens (tertiary/aromatic N) is 3. The van der Waals surface area contributed by atoms with Crippen LogP contribution in [0.3, 0.4) is 0 Å². The molecule has 2 aliphatic rings. The van der Waals surface area contributed by atoms with E-state index in [1.165, 1.54) is 0 Å². The molecule has 0 spiro atoms. The van der Waals surface area contributed by atoms with Crippen LogP contribution in [0.15, 0.2) is 24.5 Å². The molecule has 158 valence electrons. The Bertz CT molecular complexity index is 855. The molecule has 1 atom stereocenters. The lowest BCUT2D eigenvalue weighted by Gasteiger charge is -2.33. The molecule has 1 N–H and O–H groups in total. The van der Waals surface area contributed by atoms with E-state index in [1.807, 2.05) is 30.3 Å². The molecule has 8 heteroatoms. The molecule has 1 aromatic heterocycles. The van der Waals surface area contributed by atoms with E-state index in [4.69, 9.17) is 23.2 Å². The smallest absolute Gasteiger partial charge is 0.226 e. The normalized spacial score (nSPS) is 24.6. The van der Waals surface area contributed by atoms with E-state index < -0.39 is 0 Å². The number of aryl methyl sites for hydroxylation is 1. The third kappa shape index (κ3) is 4.74. The Morgan fingerprint density at radius 3 is 2.34 bits per heavy atom. The van der Waals surface area contributed by atoms with Gasteiger partial charge < -0.3 is 10.0 Å². The molecule has 1 aliphatic heterocycles. The quantitative estimate of drug-likeness (QED) is 0.733. The van der Waals surface area contributed by atoms with Gasteiger partial charge in [0.1, 0.15) is 0 Å². The van der Waals surface area contributed by atoms with Crippen LogP contribution in [-0.2, 0) is 18.3 Å². The fraction of sp³-hybridized carbons (Fsp3) is 0.524. The highest BCUT2D eigenvalue weighted by Gasteiger charge is 2.37. The molecule has 1 saturated carbocycles. The van der Waals surface area contributed by atoms with Crippen molar-refractivity contribution in [3.8, 4) is 11.1 Å². The van der Waals surface area contributed by atoms with E-state index in [9.17, 15) is 9.90 Å². The Kier molecular flexibility index (Phi) is 7.15. The van der Waals surface area contributed by atoms with Crippen molar-refractivity contribution in [3.63, 3.8) is 0 Å². The van der Waals surface area contributed by atoms with Gasteiger partial charge in [0.15, 0.2) is 0 Å². The number of halogens is 3. The van der Waals surface area contributed by atoms with Crippen LogP contribution >= 0.6 is 35.6 Å². The van der Waals surface area contributed by atoms with Gasteiger partial charge in [-0.15, -0.1) is 12.4 Å². The van der Waals surface area contributed by atoms with Gasteiger partial charge in [-0.1, -0.05) is 23.2 Å². The molecular weight excluding hydrogens is 433 g/mol. The first-order valence-electron chi connectivity index (χ1n) is 9.88. The highest BCUT2D eigenvalue weighted by molar-refractivity contribution is 6.36. The Labute approximate surface area is 187 Å². The van der Waals surface area contributed by atoms with Crippen LogP contribution in [0.2, 0.25) is 10.0 Å². The first-order chi connectivity index (χ1) is 13.4. The van der Waals surface area contributed by atoms with Crippen molar-refractivity contribution >= 4 is 41.5 Å². The number of aliphatic hydroxyl groups excluding tert-OH is 1. The van der Waals surface area contributed by atoms with E-state index in [2.05, 4.69) is 5.10 Å². The molecule has 5 nitrogen and oxygen atoms in total. The van der Waals surface area contributed by atoms with E-state index >= 15 is 0 Å². The number of benzene rings is 1. The molecule has 29 heavy (non-hydrogen) atoms. The summed E-state index contributed by atoms with van der Waals surface area (Å²) in [5.74, 6) is 0.121. The maximum Gasteiger partial charge on any atom is 0.226 e. The van der Waals surface area contributed by atoms with E-state index in [0.717, 1.165) is 55.3 Å². The Morgan fingerprint density at radius 1 is 1.10 bits per heavy atom. The van der Waals surface area contributed by atoms with Crippen molar-refractivity contribution in [2.45, 2.75) is 50.7 Å². The van der Waals surface area contributed by atoms with Crippen molar-refractivity contribution in [2.24, 2.45) is 13.0 Å². The number of aromatic nitrogens is 2. The van der Waals surface area contributed by atoms with E-state index in [0.29, 0.717) is 16.5 Å². The molecule has 1 aromatic carbocycles. The second-order valence-corrected chi connectivity index (χ2v) is 8.82. The summed E-state index contributed by atoms with van der Waals surface area (Å²) < 4.78 is 1.74. The largest absolute Gasteiger partial charge is 0.393 e. The number of likely N-dealkylation sites (tertiary alicyclic amines) is 1. The number of rotatable bonds is 4. The maximum atomic E-state index is 13.0. The van der Waals surface area contributed by atoms with Crippen LogP contribution in [-0.4, -0.2) is 44.4 Å². The lowest BCUT2D eigenvalue weighted by atomic mass is 9.92. The van der Waals surface area contributed by atoms with Crippen LogP contribution in [0.1, 0.15) is 37.7 Å². The van der Waals surface area contributed by atoms with Gasteiger partial charge in [-0.05, 0) is 61.8 Å². The highest BCUT2D eigenvalue weighted by atomic mass is 35.5. The molecule has 4 rings (SSSR count). The number of carbonyl (C=O) groups is 1. The maximum absolute atomic E-state index is 13.0. The summed E-state index contributed by atoms with van der Waals surface area (Å²) in [6, 6.07) is 4.07. The molecule has 2 fully saturated rings. The third-order valence-corrected chi connectivity index (χ3v) is 6.76. The summed E-state index contributed by atoms with van der Waals surface area (Å²) in [4.78, 5) is 15.0. The van der Waals surface area contributed by atoms with Crippen LogP contribution in [0.25, 0.3) is 11.1 Å². The Balaban J connectivity index is 0.00000240. The van der Waals surface area contributed by atoms with Crippen molar-refractivity contribution in [1.82, 2.24) is 14.7 Å². The lowest BCUT2D eigenvalue weighted by Crippen LogP contribution is -2.41. The number of amides is 1. The Morgan fingerprint density at radius 2 is 1.76 bits per heavy atom. The van der Waals surface area contributed by atoms with Gasteiger partial charge in [-0.25, -0.2) is 0 Å². The van der Waals surface area contributed by atoms with Crippen LogP contribution in [0, 0.1) is 5.92 Å². The van der Waals surface area contributed by atoms with Gasteiger partial charge in [0.05, 0.1) is 12.3 Å². The zero-order valence-corrected chi connectivity index (χ0v) is 18.7. The van der Waals surface area contributed by atoms with Gasteiger partial charge in [-0.2, -0.15) is 5.10 Å². The van der Waals surface area contributed by atoms with E-state index in [-0.39, 0.29) is 36.4 Å². The number of hydrogen-bond acceptors (Lipinski definition) is 3. The third-order valence-electron chi connectivity index (χ3n) is 6.09. The van der Waals surface area contributed by atoms with Crippen LogP contribution in [0.4, 0.5) is 0 Å². The van der Waals surface area contributed by atoms with Gasteiger partial charge in [0, 0.05) is 47.4 Å². The molecule has 2 heterocycles. The fourth-order valence-electron chi connectivity index (χ4n) is 4.47. The lowest BCUT2D eigenvalue weighted by molar-refractivity contribution is -0.133. The average molecular weight is 459 g/mol. The summed E-state index contributed by atoms with van der Waals surface area (Å²) in [7, 11) is 1.87. The van der Waals surface area contributed by atoms with Crippen molar-refractivity contribution < 1.29 is 9.90 Å². The molecule has 1 amide bonds. The molecule has 1 aliphatic carbocycles. The van der Waals surface area contributed by atoms with Gasteiger partial charge in [-0.3, -0.25) is 9.48 Å². The number of carbonyl (C=O) groups excluding carboxylic acids is 1. The first-order valence-corrected chi connectivity index (χ1v) is 10.6. The SMILES string of the molecule is Cl.Cn1cc(-c2cc(Cl)c(CC3CCN(C4CCC(O)CC4)C3=O)c(Cl)c2)cn1. The second-order valence-electron chi connectivity index (χ2n) is 8.00. The predicted octanol–water partition coefficient (Wildman–Crippen LogP) is 4.51. The van der Waals surface area contributed by atoms with Crippen molar-refractivity contribution in [2.75, 3.05) is 6.54 Å². The van der Waals surface area contributed by atoms with Crippen molar-refractivity contribution in [1.29, 1.82) is 0 Å². The predicted molar refractivity (Wildman–Crippen MR) is 118 cm³/mol. The monoisotopic (exact) mass is 457 g/mol. The summed E-state index contributed by atoms with van der Waals surface area (Å²) in [6.45, 7) is 0.785. The van der Waals surface area contributed by atoms with Gasteiger partial charge in [0.2, 0.25) is 5.91 Å². The minimum Gasteiger partial charge on any atom is -0.393 e. The molecule has 0 radical (unpaired) electrons. The summed E-state index contributed by atoms with van der Waals surface area (Å²) in [6.07, 6.45) is 8.23. The number of aliphatic hydroxyl groups is 1. The molecular formula is C21H26Cl3N3O2. The van der Waals surface area contributed by atoms with Crippen LogP contribution < -0.4 is 0 Å². The Hall–Kier alpha value is -1.27. The van der Waals surface area contributed by atoms with Crippen LogP contribution in [0.5, 0.6) is 0 Å². The standard InChI is InChI=1S/C21H25Cl2N3O2.ClH/c1-25-12-15(11-24-25)14-9-19(22)18(20(23)10-14)8-13-6-7-26(21(13)28)16-2-4-17(27)5-3-16;/h9-13,16-17,27H,2-8H2,1H3;1H. The molecule has 2 aromatic rings. The summed E-state index contributed by atoms with van der Waals surface area (Å²) in [5, 5.41) is 15.1.